The van der Waals surface area contributed by atoms with E-state index in [4.69, 9.17) is 9.15 Å². The third-order valence-electron chi connectivity index (χ3n) is 3.87. The second-order valence-electron chi connectivity index (χ2n) is 5.34. The van der Waals surface area contributed by atoms with Crippen LogP contribution in [0, 0.1) is 0 Å². The van der Waals surface area contributed by atoms with E-state index in [1.165, 1.54) is 11.3 Å². The molecule has 0 saturated carbocycles. The van der Waals surface area contributed by atoms with Crippen molar-refractivity contribution in [1.82, 2.24) is 4.98 Å². The van der Waals surface area contributed by atoms with Crippen molar-refractivity contribution in [3.63, 3.8) is 0 Å². The van der Waals surface area contributed by atoms with Gasteiger partial charge in [0.15, 0.2) is 0 Å². The molecule has 0 N–H and O–H groups in total. The van der Waals surface area contributed by atoms with Crippen molar-refractivity contribution in [1.29, 1.82) is 0 Å². The van der Waals surface area contributed by atoms with Crippen LogP contribution in [-0.2, 0) is 0 Å². The van der Waals surface area contributed by atoms with Crippen LogP contribution in [-0.4, -0.2) is 12.1 Å². The zero-order valence-electron chi connectivity index (χ0n) is 13.2. The van der Waals surface area contributed by atoms with Crippen molar-refractivity contribution in [2.45, 2.75) is 0 Å². The SMILES string of the molecule is COc1ccc(-c2csc3nc(-c4ccccc4Br)oc(=O)c23)cc1. The first kappa shape index (κ1) is 16.1. The summed E-state index contributed by atoms with van der Waals surface area (Å²) in [6.45, 7) is 0. The molecule has 0 unspecified atom stereocenters. The maximum Gasteiger partial charge on any atom is 0.348 e. The van der Waals surface area contributed by atoms with Crippen molar-refractivity contribution in [2.75, 3.05) is 7.11 Å². The first-order valence-corrected chi connectivity index (χ1v) is 9.16. The lowest BCUT2D eigenvalue weighted by Crippen LogP contribution is -2.02. The fourth-order valence-electron chi connectivity index (χ4n) is 2.61. The van der Waals surface area contributed by atoms with E-state index in [1.54, 1.807) is 7.11 Å². The van der Waals surface area contributed by atoms with Crippen LogP contribution in [0.4, 0.5) is 0 Å². The minimum atomic E-state index is -0.386. The Morgan fingerprint density at radius 3 is 2.56 bits per heavy atom. The standard InChI is InChI=1S/C19H12BrNO3S/c1-23-12-8-6-11(7-9-12)14-10-25-18-16(14)19(22)24-17(21-18)13-4-2-3-5-15(13)20/h2-10H,1H3. The van der Waals surface area contributed by atoms with Gasteiger partial charge in [0.1, 0.15) is 16.0 Å². The molecule has 0 fully saturated rings. The average molecular weight is 414 g/mol. The summed E-state index contributed by atoms with van der Waals surface area (Å²) < 4.78 is 11.5. The largest absolute Gasteiger partial charge is 0.497 e. The second-order valence-corrected chi connectivity index (χ2v) is 7.06. The van der Waals surface area contributed by atoms with E-state index in [2.05, 4.69) is 20.9 Å². The van der Waals surface area contributed by atoms with Crippen molar-refractivity contribution < 1.29 is 9.15 Å². The van der Waals surface area contributed by atoms with Crippen LogP contribution in [0.15, 0.2) is 67.6 Å². The summed E-state index contributed by atoms with van der Waals surface area (Å²) >= 11 is 4.90. The maximum absolute atomic E-state index is 12.6. The predicted molar refractivity (Wildman–Crippen MR) is 103 cm³/mol. The van der Waals surface area contributed by atoms with E-state index in [9.17, 15) is 4.79 Å². The molecule has 0 bridgehead atoms. The fraction of sp³-hybridized carbons (Fsp3) is 0.0526. The summed E-state index contributed by atoms with van der Waals surface area (Å²) in [5, 5.41) is 2.44. The molecular formula is C19H12BrNO3S. The second kappa shape index (κ2) is 6.46. The number of rotatable bonds is 3. The Morgan fingerprint density at radius 1 is 1.08 bits per heavy atom. The molecule has 4 aromatic rings. The first-order valence-electron chi connectivity index (χ1n) is 7.49. The maximum atomic E-state index is 12.6. The quantitative estimate of drug-likeness (QED) is 0.453. The molecular weight excluding hydrogens is 402 g/mol. The van der Waals surface area contributed by atoms with E-state index < -0.39 is 0 Å². The van der Waals surface area contributed by atoms with E-state index in [-0.39, 0.29) is 5.63 Å². The number of methoxy groups -OCH3 is 1. The molecule has 0 aliphatic heterocycles. The topological polar surface area (TPSA) is 52.3 Å². The summed E-state index contributed by atoms with van der Waals surface area (Å²) in [4.78, 5) is 17.8. The number of aromatic nitrogens is 1. The molecule has 4 rings (SSSR count). The molecule has 2 aromatic carbocycles. The fourth-order valence-corrected chi connectivity index (χ4v) is 4.00. The molecule has 4 nitrogen and oxygen atoms in total. The summed E-state index contributed by atoms with van der Waals surface area (Å²) in [5.41, 5.74) is 2.11. The van der Waals surface area contributed by atoms with Crippen molar-refractivity contribution in [3.05, 3.63) is 68.8 Å². The number of benzene rings is 2. The molecule has 0 saturated heterocycles. The molecule has 0 radical (unpaired) electrons. The molecule has 2 aromatic heterocycles. The number of halogens is 1. The number of thiophene rings is 1. The van der Waals surface area contributed by atoms with E-state index >= 15 is 0 Å². The minimum absolute atomic E-state index is 0.313. The summed E-state index contributed by atoms with van der Waals surface area (Å²) in [6, 6.07) is 15.1. The normalized spacial score (nSPS) is 11.0. The zero-order chi connectivity index (χ0) is 17.4. The Kier molecular flexibility index (Phi) is 4.15. The van der Waals surface area contributed by atoms with E-state index in [1.807, 2.05) is 53.9 Å². The Bertz CT molecular complexity index is 1120. The van der Waals surface area contributed by atoms with Crippen LogP contribution >= 0.6 is 27.3 Å². The van der Waals surface area contributed by atoms with Gasteiger partial charge in [0.25, 0.3) is 0 Å². The Morgan fingerprint density at radius 2 is 1.84 bits per heavy atom. The van der Waals surface area contributed by atoms with Crippen LogP contribution in [0.3, 0.4) is 0 Å². The van der Waals surface area contributed by atoms with E-state index in [0.717, 1.165) is 26.9 Å². The van der Waals surface area contributed by atoms with Crippen LogP contribution in [0.1, 0.15) is 0 Å². The van der Waals surface area contributed by atoms with Gasteiger partial charge in [-0.15, -0.1) is 11.3 Å². The summed E-state index contributed by atoms with van der Waals surface area (Å²) in [7, 11) is 1.62. The van der Waals surface area contributed by atoms with Gasteiger partial charge >= 0.3 is 5.63 Å². The highest BCUT2D eigenvalue weighted by Crippen LogP contribution is 2.34. The Labute approximate surface area is 155 Å². The Balaban J connectivity index is 1.87. The van der Waals surface area contributed by atoms with Gasteiger partial charge in [-0.05, 0) is 45.8 Å². The lowest BCUT2D eigenvalue weighted by atomic mass is 10.1. The molecule has 0 aliphatic carbocycles. The van der Waals surface area contributed by atoms with Gasteiger partial charge in [-0.25, -0.2) is 9.78 Å². The molecule has 0 atom stereocenters. The zero-order valence-corrected chi connectivity index (χ0v) is 15.6. The van der Waals surface area contributed by atoms with Crippen LogP contribution in [0.5, 0.6) is 5.75 Å². The van der Waals surface area contributed by atoms with Gasteiger partial charge in [-0.3, -0.25) is 0 Å². The molecule has 2 heterocycles. The third-order valence-corrected chi connectivity index (χ3v) is 5.44. The summed E-state index contributed by atoms with van der Waals surface area (Å²) in [6.07, 6.45) is 0. The van der Waals surface area contributed by atoms with Gasteiger partial charge in [0.2, 0.25) is 5.89 Å². The van der Waals surface area contributed by atoms with Crippen LogP contribution < -0.4 is 10.4 Å². The predicted octanol–water partition coefficient (Wildman–Crippen LogP) is 5.35. The lowest BCUT2D eigenvalue weighted by Gasteiger charge is -2.04. The minimum Gasteiger partial charge on any atom is -0.497 e. The van der Waals surface area contributed by atoms with Gasteiger partial charge in [0, 0.05) is 15.4 Å². The number of fused-ring (bicyclic) bond motifs is 1. The number of hydrogen-bond acceptors (Lipinski definition) is 5. The number of ether oxygens (including phenoxy) is 1. The monoisotopic (exact) mass is 413 g/mol. The van der Waals surface area contributed by atoms with Crippen LogP contribution in [0.25, 0.3) is 32.8 Å². The highest BCUT2D eigenvalue weighted by atomic mass is 79.9. The smallest absolute Gasteiger partial charge is 0.348 e. The number of hydrogen-bond donors (Lipinski definition) is 0. The van der Waals surface area contributed by atoms with Crippen molar-refractivity contribution in [3.8, 4) is 28.3 Å². The molecule has 0 spiro atoms. The number of nitrogens with zero attached hydrogens (tertiary/aromatic N) is 1. The van der Waals surface area contributed by atoms with Gasteiger partial charge < -0.3 is 9.15 Å². The lowest BCUT2D eigenvalue weighted by molar-refractivity contribution is 0.415. The molecule has 25 heavy (non-hydrogen) atoms. The first-order chi connectivity index (χ1) is 12.2. The van der Waals surface area contributed by atoms with Crippen LogP contribution in [0.2, 0.25) is 0 Å². The Hall–Kier alpha value is -2.44. The van der Waals surface area contributed by atoms with E-state index in [0.29, 0.717) is 16.1 Å². The highest BCUT2D eigenvalue weighted by molar-refractivity contribution is 9.10. The van der Waals surface area contributed by atoms with Gasteiger partial charge in [-0.2, -0.15) is 0 Å². The molecule has 0 amide bonds. The summed E-state index contributed by atoms with van der Waals surface area (Å²) in [5.74, 6) is 1.08. The molecule has 124 valence electrons. The van der Waals surface area contributed by atoms with Gasteiger partial charge in [0.05, 0.1) is 12.7 Å². The van der Waals surface area contributed by atoms with Crippen molar-refractivity contribution >= 4 is 37.5 Å². The average Bonchev–Trinajstić information content (AvgIpc) is 3.07. The van der Waals surface area contributed by atoms with Gasteiger partial charge in [-0.1, -0.05) is 24.3 Å². The molecule has 6 heteroatoms. The molecule has 0 aliphatic rings. The third kappa shape index (κ3) is 2.88. The van der Waals surface area contributed by atoms with Crippen molar-refractivity contribution in [2.24, 2.45) is 0 Å². The highest BCUT2D eigenvalue weighted by Gasteiger charge is 2.16.